The van der Waals surface area contributed by atoms with Crippen LogP contribution in [0.25, 0.3) is 10.9 Å². The zero-order chi connectivity index (χ0) is 14.2. The van der Waals surface area contributed by atoms with Crippen molar-refractivity contribution in [1.82, 2.24) is 15.1 Å². The lowest BCUT2D eigenvalue weighted by Crippen LogP contribution is -2.25. The van der Waals surface area contributed by atoms with Crippen LogP contribution in [0, 0.1) is 17.8 Å². The molecule has 0 saturated heterocycles. The van der Waals surface area contributed by atoms with E-state index in [1.807, 2.05) is 0 Å². The summed E-state index contributed by atoms with van der Waals surface area (Å²) >= 11 is 0. The Bertz CT molecular complexity index is 610. The molecule has 1 aromatic carbocycles. The summed E-state index contributed by atoms with van der Waals surface area (Å²) in [7, 11) is 0. The van der Waals surface area contributed by atoms with Gasteiger partial charge in [-0.15, -0.1) is 0 Å². The molecule has 4 rings (SSSR count). The largest absolute Gasteiger partial charge is 0.311 e. The van der Waals surface area contributed by atoms with Gasteiger partial charge in [0.25, 0.3) is 0 Å². The van der Waals surface area contributed by atoms with Gasteiger partial charge in [-0.3, -0.25) is 4.68 Å². The van der Waals surface area contributed by atoms with Crippen molar-refractivity contribution < 1.29 is 0 Å². The summed E-state index contributed by atoms with van der Waals surface area (Å²) in [5, 5.41) is 9.78. The minimum atomic E-state index is 0.906. The molecule has 3 heteroatoms. The fraction of sp³-hybridized carbons (Fsp3) is 0.611. The highest BCUT2D eigenvalue weighted by Gasteiger charge is 2.40. The second kappa shape index (κ2) is 5.45. The summed E-state index contributed by atoms with van der Waals surface area (Å²) in [6, 6.07) is 8.59. The molecular weight excluding hydrogens is 258 g/mol. The number of hydrogen-bond acceptors (Lipinski definition) is 2. The molecule has 1 N–H and O–H groups in total. The predicted octanol–water partition coefficient (Wildman–Crippen LogP) is 3.58. The van der Waals surface area contributed by atoms with Crippen molar-refractivity contribution in [3.63, 3.8) is 0 Å². The molecule has 2 aliphatic rings. The van der Waals surface area contributed by atoms with E-state index in [0.717, 1.165) is 30.8 Å². The number of aromatic nitrogens is 2. The topological polar surface area (TPSA) is 29.9 Å². The Kier molecular flexibility index (Phi) is 3.46. The van der Waals surface area contributed by atoms with E-state index in [4.69, 9.17) is 5.10 Å². The maximum absolute atomic E-state index is 4.78. The van der Waals surface area contributed by atoms with Gasteiger partial charge in [-0.2, -0.15) is 5.10 Å². The summed E-state index contributed by atoms with van der Waals surface area (Å²) in [5.41, 5.74) is 2.47. The Morgan fingerprint density at radius 3 is 2.57 bits per heavy atom. The van der Waals surface area contributed by atoms with Crippen LogP contribution < -0.4 is 5.32 Å². The third-order valence-corrected chi connectivity index (χ3v) is 5.16. The number of aryl methyl sites for hydroxylation is 1. The van der Waals surface area contributed by atoms with Gasteiger partial charge in [-0.05, 0) is 63.0 Å². The summed E-state index contributed by atoms with van der Waals surface area (Å²) in [6.45, 7) is 5.19. The lowest BCUT2D eigenvalue weighted by atomic mass is 9.98. The minimum Gasteiger partial charge on any atom is -0.311 e. The van der Waals surface area contributed by atoms with Gasteiger partial charge in [-0.1, -0.05) is 18.2 Å². The fourth-order valence-corrected chi connectivity index (χ4v) is 3.69. The highest BCUT2D eigenvalue weighted by Crippen LogP contribution is 2.48. The van der Waals surface area contributed by atoms with Crippen molar-refractivity contribution >= 4 is 10.9 Å². The molecule has 2 saturated carbocycles. The van der Waals surface area contributed by atoms with E-state index in [-0.39, 0.29) is 0 Å². The maximum atomic E-state index is 4.78. The first kappa shape index (κ1) is 13.3. The molecule has 0 spiro atoms. The van der Waals surface area contributed by atoms with Gasteiger partial charge >= 0.3 is 0 Å². The smallest absolute Gasteiger partial charge is 0.0841 e. The molecule has 0 bridgehead atoms. The number of nitrogens with zero attached hydrogens (tertiary/aromatic N) is 2. The van der Waals surface area contributed by atoms with Crippen LogP contribution in [0.2, 0.25) is 0 Å². The van der Waals surface area contributed by atoms with Gasteiger partial charge in [0, 0.05) is 18.5 Å². The number of fused-ring (bicyclic) bond motifs is 1. The van der Waals surface area contributed by atoms with Crippen molar-refractivity contribution in [2.45, 2.75) is 45.7 Å². The van der Waals surface area contributed by atoms with Crippen LogP contribution in [0.5, 0.6) is 0 Å². The van der Waals surface area contributed by atoms with Gasteiger partial charge in [0.05, 0.1) is 11.2 Å². The van der Waals surface area contributed by atoms with Crippen molar-refractivity contribution in [2.75, 3.05) is 6.54 Å². The first-order valence-corrected chi connectivity index (χ1v) is 8.52. The van der Waals surface area contributed by atoms with E-state index in [1.54, 1.807) is 0 Å². The lowest BCUT2D eigenvalue weighted by Gasteiger charge is -2.15. The number of para-hydroxylation sites is 1. The average molecular weight is 283 g/mol. The number of benzene rings is 1. The third kappa shape index (κ3) is 2.71. The lowest BCUT2D eigenvalue weighted by molar-refractivity contribution is 0.377. The molecule has 21 heavy (non-hydrogen) atoms. The molecule has 2 fully saturated rings. The van der Waals surface area contributed by atoms with Gasteiger partial charge in [-0.25, -0.2) is 0 Å². The zero-order valence-corrected chi connectivity index (χ0v) is 12.9. The minimum absolute atomic E-state index is 0.906. The van der Waals surface area contributed by atoms with E-state index in [0.29, 0.717) is 0 Å². The molecule has 1 heterocycles. The SMILES string of the molecule is CCn1nc(CNCC(C2CC2)C2CC2)c2ccccc21. The quantitative estimate of drug-likeness (QED) is 0.841. The Morgan fingerprint density at radius 2 is 1.90 bits per heavy atom. The standard InChI is InChI=1S/C18H25N3/c1-2-21-18-6-4-3-5-15(18)17(20-21)12-19-11-16(13-7-8-13)14-9-10-14/h3-6,13-14,16,19H,2,7-12H2,1H3. The van der Waals surface area contributed by atoms with Crippen LogP contribution in [0.1, 0.15) is 38.3 Å². The molecule has 0 unspecified atom stereocenters. The van der Waals surface area contributed by atoms with E-state index in [9.17, 15) is 0 Å². The van der Waals surface area contributed by atoms with Crippen molar-refractivity contribution in [3.8, 4) is 0 Å². The molecule has 2 aliphatic carbocycles. The number of nitrogens with one attached hydrogen (secondary N) is 1. The fourth-order valence-electron chi connectivity index (χ4n) is 3.69. The summed E-state index contributed by atoms with van der Waals surface area (Å²) in [4.78, 5) is 0. The molecule has 0 radical (unpaired) electrons. The maximum Gasteiger partial charge on any atom is 0.0841 e. The van der Waals surface area contributed by atoms with E-state index < -0.39 is 0 Å². The highest BCUT2D eigenvalue weighted by molar-refractivity contribution is 5.81. The summed E-state index contributed by atoms with van der Waals surface area (Å²) in [5.74, 6) is 2.98. The normalized spacial score (nSPS) is 18.8. The first-order valence-electron chi connectivity index (χ1n) is 8.52. The molecule has 1 aromatic heterocycles. The van der Waals surface area contributed by atoms with Crippen molar-refractivity contribution in [2.24, 2.45) is 17.8 Å². The highest BCUT2D eigenvalue weighted by atomic mass is 15.3. The predicted molar refractivity (Wildman–Crippen MR) is 86.1 cm³/mol. The van der Waals surface area contributed by atoms with Crippen LogP contribution in [-0.2, 0) is 13.1 Å². The van der Waals surface area contributed by atoms with Gasteiger partial charge in [0.15, 0.2) is 0 Å². The molecule has 0 amide bonds. The third-order valence-electron chi connectivity index (χ3n) is 5.16. The van der Waals surface area contributed by atoms with Gasteiger partial charge in [0.2, 0.25) is 0 Å². The zero-order valence-electron chi connectivity index (χ0n) is 12.9. The van der Waals surface area contributed by atoms with Crippen LogP contribution in [0.15, 0.2) is 24.3 Å². The molecule has 112 valence electrons. The Labute approximate surface area is 126 Å². The van der Waals surface area contributed by atoms with E-state index in [2.05, 4.69) is 41.2 Å². The average Bonchev–Trinajstić information content (AvgIpc) is 3.42. The second-order valence-electron chi connectivity index (χ2n) is 6.75. The van der Waals surface area contributed by atoms with Crippen LogP contribution >= 0.6 is 0 Å². The van der Waals surface area contributed by atoms with Crippen LogP contribution in [0.4, 0.5) is 0 Å². The summed E-state index contributed by atoms with van der Waals surface area (Å²) < 4.78 is 2.12. The Balaban J connectivity index is 1.44. The molecular formula is C18H25N3. The van der Waals surface area contributed by atoms with E-state index >= 15 is 0 Å². The van der Waals surface area contributed by atoms with Gasteiger partial charge < -0.3 is 5.32 Å². The number of hydrogen-bond donors (Lipinski definition) is 1. The second-order valence-corrected chi connectivity index (χ2v) is 6.75. The number of rotatable bonds is 7. The Morgan fingerprint density at radius 1 is 1.19 bits per heavy atom. The molecule has 3 nitrogen and oxygen atoms in total. The van der Waals surface area contributed by atoms with Crippen molar-refractivity contribution in [1.29, 1.82) is 0 Å². The molecule has 2 aromatic rings. The Hall–Kier alpha value is -1.35. The summed E-state index contributed by atoms with van der Waals surface area (Å²) in [6.07, 6.45) is 5.87. The van der Waals surface area contributed by atoms with Crippen molar-refractivity contribution in [3.05, 3.63) is 30.0 Å². The van der Waals surface area contributed by atoms with Gasteiger partial charge in [0.1, 0.15) is 0 Å². The molecule has 0 aliphatic heterocycles. The molecule has 0 atom stereocenters. The van der Waals surface area contributed by atoms with Crippen LogP contribution in [0.3, 0.4) is 0 Å². The van der Waals surface area contributed by atoms with Crippen LogP contribution in [-0.4, -0.2) is 16.3 Å². The first-order chi connectivity index (χ1) is 10.4. The van der Waals surface area contributed by atoms with E-state index in [1.165, 1.54) is 48.8 Å². The monoisotopic (exact) mass is 283 g/mol.